The van der Waals surface area contributed by atoms with Crippen LogP contribution in [0.2, 0.25) is 0 Å². The maximum atomic E-state index is 12.9. The standard InChI is InChI=1S/C17H22FN5O2/c1-12-20-17(22-21-12)15-10-23(8-9-25-15)11-16(24)19-7-6-13-2-4-14(18)5-3-13/h2-5,15H,6-11H2,1H3,(H,19,24)(H,20,21,22)/t15-/m0/s1. The molecule has 1 aromatic heterocycles. The number of nitrogens with zero attached hydrogens (tertiary/aromatic N) is 3. The van der Waals surface area contributed by atoms with Crippen molar-refractivity contribution in [3.8, 4) is 0 Å². The van der Waals surface area contributed by atoms with Crippen molar-refractivity contribution >= 4 is 5.91 Å². The SMILES string of the molecule is Cc1nc([C@@H]2CN(CC(=O)NCCc3ccc(F)cc3)CCO2)n[nH]1. The molecule has 0 radical (unpaired) electrons. The van der Waals surface area contributed by atoms with Crippen molar-refractivity contribution in [3.63, 3.8) is 0 Å². The van der Waals surface area contributed by atoms with Crippen LogP contribution < -0.4 is 5.32 Å². The third-order valence-electron chi connectivity index (χ3n) is 4.07. The Bertz CT molecular complexity index is 703. The molecule has 1 amide bonds. The van der Waals surface area contributed by atoms with Gasteiger partial charge in [0.15, 0.2) is 5.82 Å². The van der Waals surface area contributed by atoms with Crippen LogP contribution in [0.25, 0.3) is 0 Å². The minimum absolute atomic E-state index is 0.0334. The predicted octanol–water partition coefficient (Wildman–Crippen LogP) is 0.984. The lowest BCUT2D eigenvalue weighted by Gasteiger charge is -2.30. The van der Waals surface area contributed by atoms with Gasteiger partial charge in [-0.1, -0.05) is 12.1 Å². The smallest absolute Gasteiger partial charge is 0.234 e. The molecule has 1 aromatic carbocycles. The van der Waals surface area contributed by atoms with Gasteiger partial charge in [0.2, 0.25) is 5.91 Å². The number of morpholine rings is 1. The number of amides is 1. The molecule has 1 saturated heterocycles. The Balaban J connectivity index is 1.42. The van der Waals surface area contributed by atoms with E-state index in [1.54, 1.807) is 12.1 Å². The highest BCUT2D eigenvalue weighted by Crippen LogP contribution is 2.18. The van der Waals surface area contributed by atoms with E-state index in [-0.39, 0.29) is 17.8 Å². The maximum absolute atomic E-state index is 12.9. The molecular weight excluding hydrogens is 325 g/mol. The third kappa shape index (κ3) is 5.07. The van der Waals surface area contributed by atoms with Gasteiger partial charge in [-0.05, 0) is 31.0 Å². The zero-order chi connectivity index (χ0) is 17.6. The summed E-state index contributed by atoms with van der Waals surface area (Å²) in [5.41, 5.74) is 0.994. The van der Waals surface area contributed by atoms with E-state index in [9.17, 15) is 9.18 Å². The molecule has 0 spiro atoms. The summed E-state index contributed by atoms with van der Waals surface area (Å²) in [5.74, 6) is 1.08. The molecule has 2 aromatic rings. The highest BCUT2D eigenvalue weighted by atomic mass is 19.1. The second kappa shape index (κ2) is 8.17. The minimum Gasteiger partial charge on any atom is -0.367 e. The topological polar surface area (TPSA) is 83.1 Å². The molecule has 7 nitrogen and oxygen atoms in total. The Kier molecular flexibility index (Phi) is 5.72. The normalized spacial score (nSPS) is 18.2. The average Bonchev–Trinajstić information content (AvgIpc) is 3.03. The largest absolute Gasteiger partial charge is 0.367 e. The number of nitrogens with one attached hydrogen (secondary N) is 2. The number of benzene rings is 1. The van der Waals surface area contributed by atoms with Crippen LogP contribution in [-0.4, -0.2) is 58.8 Å². The average molecular weight is 347 g/mol. The summed E-state index contributed by atoms with van der Waals surface area (Å²) < 4.78 is 18.5. The molecule has 25 heavy (non-hydrogen) atoms. The number of hydrogen-bond donors (Lipinski definition) is 2. The number of carbonyl (C=O) groups is 1. The molecule has 1 fully saturated rings. The molecule has 3 rings (SSSR count). The number of aryl methyl sites for hydroxylation is 1. The lowest BCUT2D eigenvalue weighted by atomic mass is 10.1. The molecule has 2 heterocycles. The van der Waals surface area contributed by atoms with E-state index in [0.29, 0.717) is 45.0 Å². The molecule has 0 saturated carbocycles. The summed E-state index contributed by atoms with van der Waals surface area (Å²) in [7, 11) is 0. The van der Waals surface area contributed by atoms with Gasteiger partial charge in [0.05, 0.1) is 13.2 Å². The van der Waals surface area contributed by atoms with E-state index in [4.69, 9.17) is 4.74 Å². The third-order valence-corrected chi connectivity index (χ3v) is 4.07. The van der Waals surface area contributed by atoms with Gasteiger partial charge in [-0.3, -0.25) is 14.8 Å². The monoisotopic (exact) mass is 347 g/mol. The van der Waals surface area contributed by atoms with Crippen LogP contribution in [-0.2, 0) is 16.0 Å². The highest BCUT2D eigenvalue weighted by molar-refractivity contribution is 5.78. The number of rotatable bonds is 6. The number of ether oxygens (including phenoxy) is 1. The van der Waals surface area contributed by atoms with Crippen LogP contribution in [0.15, 0.2) is 24.3 Å². The molecule has 8 heteroatoms. The van der Waals surface area contributed by atoms with Gasteiger partial charge in [0, 0.05) is 19.6 Å². The van der Waals surface area contributed by atoms with E-state index < -0.39 is 0 Å². The lowest BCUT2D eigenvalue weighted by molar-refractivity contribution is -0.124. The van der Waals surface area contributed by atoms with Crippen LogP contribution in [0.1, 0.15) is 23.3 Å². The van der Waals surface area contributed by atoms with Crippen LogP contribution >= 0.6 is 0 Å². The number of hydrogen-bond acceptors (Lipinski definition) is 5. The van der Waals surface area contributed by atoms with Crippen molar-refractivity contribution in [2.24, 2.45) is 0 Å². The van der Waals surface area contributed by atoms with Crippen molar-refractivity contribution < 1.29 is 13.9 Å². The quantitative estimate of drug-likeness (QED) is 0.814. The zero-order valence-corrected chi connectivity index (χ0v) is 14.2. The van der Waals surface area contributed by atoms with Crippen LogP contribution in [0.3, 0.4) is 0 Å². The van der Waals surface area contributed by atoms with Crippen molar-refractivity contribution in [2.45, 2.75) is 19.4 Å². The molecule has 0 aliphatic carbocycles. The van der Waals surface area contributed by atoms with E-state index in [2.05, 4.69) is 20.5 Å². The van der Waals surface area contributed by atoms with E-state index in [0.717, 1.165) is 11.4 Å². The number of H-pyrrole nitrogens is 1. The van der Waals surface area contributed by atoms with Crippen molar-refractivity contribution in [2.75, 3.05) is 32.8 Å². The van der Waals surface area contributed by atoms with Gasteiger partial charge in [-0.25, -0.2) is 9.37 Å². The molecule has 0 unspecified atom stereocenters. The number of aromatic amines is 1. The first-order valence-electron chi connectivity index (χ1n) is 8.34. The van der Waals surface area contributed by atoms with Gasteiger partial charge in [0.25, 0.3) is 0 Å². The molecule has 0 bridgehead atoms. The summed E-state index contributed by atoms with van der Waals surface area (Å²) in [6.07, 6.45) is 0.458. The van der Waals surface area contributed by atoms with E-state index in [1.807, 2.05) is 11.8 Å². The first-order chi connectivity index (χ1) is 12.1. The summed E-state index contributed by atoms with van der Waals surface area (Å²) in [5, 5.41) is 9.83. The molecule has 1 atom stereocenters. The Labute approximate surface area is 145 Å². The van der Waals surface area contributed by atoms with Gasteiger partial charge >= 0.3 is 0 Å². The fourth-order valence-electron chi connectivity index (χ4n) is 2.76. The summed E-state index contributed by atoms with van der Waals surface area (Å²) in [4.78, 5) is 18.4. The van der Waals surface area contributed by atoms with Gasteiger partial charge in [-0.15, -0.1) is 0 Å². The van der Waals surface area contributed by atoms with Crippen LogP contribution in [0, 0.1) is 12.7 Å². The van der Waals surface area contributed by atoms with Crippen molar-refractivity contribution in [3.05, 3.63) is 47.3 Å². The van der Waals surface area contributed by atoms with Gasteiger partial charge < -0.3 is 10.1 Å². The predicted molar refractivity (Wildman–Crippen MR) is 89.4 cm³/mol. The molecular formula is C17H22FN5O2. The van der Waals surface area contributed by atoms with Gasteiger partial charge in [0.1, 0.15) is 17.7 Å². The van der Waals surface area contributed by atoms with E-state index >= 15 is 0 Å². The van der Waals surface area contributed by atoms with E-state index in [1.165, 1.54) is 12.1 Å². The zero-order valence-electron chi connectivity index (χ0n) is 14.2. The first kappa shape index (κ1) is 17.5. The fraction of sp³-hybridized carbons (Fsp3) is 0.471. The summed E-state index contributed by atoms with van der Waals surface area (Å²) >= 11 is 0. The van der Waals surface area contributed by atoms with Crippen LogP contribution in [0.5, 0.6) is 0 Å². The molecule has 134 valence electrons. The number of carbonyl (C=O) groups excluding carboxylic acids is 1. The summed E-state index contributed by atoms with van der Waals surface area (Å²) in [6.45, 7) is 4.51. The first-order valence-corrected chi connectivity index (χ1v) is 8.34. The van der Waals surface area contributed by atoms with Crippen molar-refractivity contribution in [1.82, 2.24) is 25.4 Å². The van der Waals surface area contributed by atoms with Crippen LogP contribution in [0.4, 0.5) is 4.39 Å². The molecule has 2 N–H and O–H groups in total. The minimum atomic E-state index is -0.253. The Hall–Kier alpha value is -2.32. The van der Waals surface area contributed by atoms with Crippen molar-refractivity contribution in [1.29, 1.82) is 0 Å². The molecule has 1 aliphatic rings. The summed E-state index contributed by atoms with van der Waals surface area (Å²) in [6, 6.07) is 6.31. The Morgan fingerprint density at radius 2 is 2.24 bits per heavy atom. The number of halogens is 1. The van der Waals surface area contributed by atoms with Gasteiger partial charge in [-0.2, -0.15) is 5.10 Å². The maximum Gasteiger partial charge on any atom is 0.234 e. The second-order valence-corrected chi connectivity index (χ2v) is 6.10. The fourth-order valence-corrected chi connectivity index (χ4v) is 2.76. The second-order valence-electron chi connectivity index (χ2n) is 6.10. The highest BCUT2D eigenvalue weighted by Gasteiger charge is 2.26. The Morgan fingerprint density at radius 1 is 1.44 bits per heavy atom. The lowest BCUT2D eigenvalue weighted by Crippen LogP contribution is -2.44. The Morgan fingerprint density at radius 3 is 2.96 bits per heavy atom. The number of aromatic nitrogens is 3. The molecule has 1 aliphatic heterocycles.